The molecule has 2 N–H and O–H groups in total. The van der Waals surface area contributed by atoms with Gasteiger partial charge in [-0.05, 0) is 18.6 Å². The fraction of sp³-hybridized carbons (Fsp3) is 0.533. The van der Waals surface area contributed by atoms with Gasteiger partial charge in [-0.15, -0.1) is 0 Å². The van der Waals surface area contributed by atoms with Gasteiger partial charge in [0, 0.05) is 17.7 Å². The highest BCUT2D eigenvalue weighted by Gasteiger charge is 2.07. The Hall–Kier alpha value is -1.31. The Kier molecular flexibility index (Phi) is 6.38. The molecule has 94 valence electrons. The topological polar surface area (TPSA) is 43.1 Å². The van der Waals surface area contributed by atoms with Crippen LogP contribution in [-0.2, 0) is 0 Å². The highest BCUT2D eigenvalue weighted by atomic mass is 16.1. The Morgan fingerprint density at radius 3 is 2.41 bits per heavy atom. The zero-order valence-corrected chi connectivity index (χ0v) is 10.7. The zero-order chi connectivity index (χ0) is 12.5. The van der Waals surface area contributed by atoms with E-state index in [1.54, 1.807) is 6.07 Å². The molecule has 0 unspecified atom stereocenters. The Balaban J connectivity index is 2.24. The largest absolute Gasteiger partial charge is 0.398 e. The van der Waals surface area contributed by atoms with Crippen LogP contribution in [0.2, 0.25) is 0 Å². The van der Waals surface area contributed by atoms with Crippen LogP contribution in [0.25, 0.3) is 0 Å². The lowest BCUT2D eigenvalue weighted by Crippen LogP contribution is -2.03. The van der Waals surface area contributed by atoms with Gasteiger partial charge in [-0.1, -0.05) is 51.2 Å². The number of rotatable bonds is 8. The molecule has 2 heteroatoms. The van der Waals surface area contributed by atoms with Gasteiger partial charge in [0.05, 0.1) is 0 Å². The van der Waals surface area contributed by atoms with E-state index in [0.717, 1.165) is 12.8 Å². The quantitative estimate of drug-likeness (QED) is 0.415. The highest BCUT2D eigenvalue weighted by Crippen LogP contribution is 2.15. The first kappa shape index (κ1) is 13.8. The third-order valence-electron chi connectivity index (χ3n) is 3.02. The summed E-state index contributed by atoms with van der Waals surface area (Å²) < 4.78 is 0. The fourth-order valence-electron chi connectivity index (χ4n) is 1.95. The lowest BCUT2D eigenvalue weighted by atomic mass is 10.0. The number of anilines is 1. The van der Waals surface area contributed by atoms with Crippen molar-refractivity contribution >= 4 is 11.5 Å². The molecule has 0 saturated carbocycles. The number of nitrogens with two attached hydrogens (primary N) is 1. The first-order valence-electron chi connectivity index (χ1n) is 6.63. The molecule has 1 aromatic rings. The molecule has 17 heavy (non-hydrogen) atoms. The fourth-order valence-corrected chi connectivity index (χ4v) is 1.95. The monoisotopic (exact) mass is 233 g/mol. The molecular weight excluding hydrogens is 210 g/mol. The summed E-state index contributed by atoms with van der Waals surface area (Å²) in [6, 6.07) is 7.32. The molecule has 0 aromatic heterocycles. The molecule has 0 aliphatic carbocycles. The summed E-state index contributed by atoms with van der Waals surface area (Å²) >= 11 is 0. The Labute approximate surface area is 104 Å². The number of carbonyl (C=O) groups excluding carboxylic acids is 1. The van der Waals surface area contributed by atoms with Gasteiger partial charge in [0.1, 0.15) is 0 Å². The first-order chi connectivity index (χ1) is 8.25. The Morgan fingerprint density at radius 1 is 1.06 bits per heavy atom. The van der Waals surface area contributed by atoms with Crippen LogP contribution in [-0.4, -0.2) is 5.78 Å². The van der Waals surface area contributed by atoms with Crippen molar-refractivity contribution < 1.29 is 4.79 Å². The van der Waals surface area contributed by atoms with E-state index >= 15 is 0 Å². The molecule has 0 saturated heterocycles. The van der Waals surface area contributed by atoms with Crippen LogP contribution in [0.3, 0.4) is 0 Å². The van der Waals surface area contributed by atoms with Crippen molar-refractivity contribution in [3.05, 3.63) is 29.8 Å². The van der Waals surface area contributed by atoms with Crippen LogP contribution in [0, 0.1) is 0 Å². The minimum absolute atomic E-state index is 0.179. The van der Waals surface area contributed by atoms with Crippen LogP contribution < -0.4 is 5.73 Å². The third kappa shape index (κ3) is 5.03. The molecule has 0 atom stereocenters. The van der Waals surface area contributed by atoms with Crippen LogP contribution in [0.15, 0.2) is 24.3 Å². The standard InChI is InChI=1S/C15H23NO/c1-2-3-4-5-6-7-12-15(17)13-10-8-9-11-14(13)16/h8-11H,2-7,12,16H2,1H3. The number of ketones is 1. The van der Waals surface area contributed by atoms with Crippen LogP contribution in [0.4, 0.5) is 5.69 Å². The van der Waals surface area contributed by atoms with Crippen molar-refractivity contribution in [1.29, 1.82) is 0 Å². The van der Waals surface area contributed by atoms with Crippen molar-refractivity contribution in [2.75, 3.05) is 5.73 Å². The second-order valence-electron chi connectivity index (χ2n) is 4.53. The van der Waals surface area contributed by atoms with Gasteiger partial charge in [-0.2, -0.15) is 0 Å². The normalized spacial score (nSPS) is 10.4. The summed E-state index contributed by atoms with van der Waals surface area (Å²) in [5.41, 5.74) is 7.05. The van der Waals surface area contributed by atoms with Crippen molar-refractivity contribution in [1.82, 2.24) is 0 Å². The molecule has 0 heterocycles. The smallest absolute Gasteiger partial charge is 0.164 e. The first-order valence-corrected chi connectivity index (χ1v) is 6.63. The molecular formula is C15H23NO. The second kappa shape index (κ2) is 7.88. The second-order valence-corrected chi connectivity index (χ2v) is 4.53. The van der Waals surface area contributed by atoms with Crippen molar-refractivity contribution in [2.24, 2.45) is 0 Å². The maximum absolute atomic E-state index is 11.9. The van der Waals surface area contributed by atoms with E-state index in [9.17, 15) is 4.79 Å². The van der Waals surface area contributed by atoms with Gasteiger partial charge in [-0.25, -0.2) is 0 Å². The average Bonchev–Trinajstić information content (AvgIpc) is 2.34. The lowest BCUT2D eigenvalue weighted by molar-refractivity contribution is 0.0980. The maximum Gasteiger partial charge on any atom is 0.164 e. The number of unbranched alkanes of at least 4 members (excludes halogenated alkanes) is 5. The molecule has 0 bridgehead atoms. The number of Topliss-reactive ketones (excluding diaryl/α,β-unsaturated/α-hetero) is 1. The van der Waals surface area contributed by atoms with Gasteiger partial charge in [-0.3, -0.25) is 4.79 Å². The van der Waals surface area contributed by atoms with Crippen molar-refractivity contribution in [3.63, 3.8) is 0 Å². The summed E-state index contributed by atoms with van der Waals surface area (Å²) in [6.45, 7) is 2.21. The lowest BCUT2D eigenvalue weighted by Gasteiger charge is -2.04. The summed E-state index contributed by atoms with van der Waals surface area (Å²) in [4.78, 5) is 11.9. The maximum atomic E-state index is 11.9. The molecule has 2 nitrogen and oxygen atoms in total. The van der Waals surface area contributed by atoms with Gasteiger partial charge < -0.3 is 5.73 Å². The van der Waals surface area contributed by atoms with Gasteiger partial charge in [0.15, 0.2) is 5.78 Å². The minimum atomic E-state index is 0.179. The average molecular weight is 233 g/mol. The van der Waals surface area contributed by atoms with E-state index in [4.69, 9.17) is 5.73 Å². The molecule has 1 rings (SSSR count). The van der Waals surface area contributed by atoms with Crippen molar-refractivity contribution in [2.45, 2.75) is 51.9 Å². The predicted octanol–water partition coefficient (Wildman–Crippen LogP) is 4.20. The van der Waals surface area contributed by atoms with Crippen LogP contribution in [0.1, 0.15) is 62.2 Å². The van der Waals surface area contributed by atoms with E-state index in [1.165, 1.54) is 25.7 Å². The number of para-hydroxylation sites is 1. The van der Waals surface area contributed by atoms with Gasteiger partial charge in [0.2, 0.25) is 0 Å². The van der Waals surface area contributed by atoms with Crippen molar-refractivity contribution in [3.8, 4) is 0 Å². The molecule has 0 aliphatic rings. The molecule has 0 spiro atoms. The SMILES string of the molecule is CCCCCCCCC(=O)c1ccccc1N. The molecule has 0 fully saturated rings. The number of hydrogen-bond donors (Lipinski definition) is 1. The molecule has 1 aromatic carbocycles. The number of nitrogen functional groups attached to an aromatic ring is 1. The Bertz CT molecular complexity index is 347. The number of benzene rings is 1. The third-order valence-corrected chi connectivity index (χ3v) is 3.02. The van der Waals surface area contributed by atoms with E-state index in [1.807, 2.05) is 18.2 Å². The summed E-state index contributed by atoms with van der Waals surface area (Å²) in [7, 11) is 0. The minimum Gasteiger partial charge on any atom is -0.398 e. The summed E-state index contributed by atoms with van der Waals surface area (Å²) in [5, 5.41) is 0. The highest BCUT2D eigenvalue weighted by molar-refractivity contribution is 6.00. The van der Waals surface area contributed by atoms with E-state index in [2.05, 4.69) is 6.92 Å². The summed E-state index contributed by atoms with van der Waals surface area (Å²) in [5.74, 6) is 0.179. The molecule has 0 aliphatic heterocycles. The Morgan fingerprint density at radius 2 is 1.71 bits per heavy atom. The zero-order valence-electron chi connectivity index (χ0n) is 10.7. The predicted molar refractivity (Wildman–Crippen MR) is 73.2 cm³/mol. The van der Waals surface area contributed by atoms with Gasteiger partial charge >= 0.3 is 0 Å². The molecule has 0 amide bonds. The van der Waals surface area contributed by atoms with E-state index in [-0.39, 0.29) is 5.78 Å². The van der Waals surface area contributed by atoms with Gasteiger partial charge in [0.25, 0.3) is 0 Å². The van der Waals surface area contributed by atoms with Crippen LogP contribution >= 0.6 is 0 Å². The summed E-state index contributed by atoms with van der Waals surface area (Å²) in [6.07, 6.45) is 7.86. The van der Waals surface area contributed by atoms with E-state index in [0.29, 0.717) is 17.7 Å². The van der Waals surface area contributed by atoms with Crippen LogP contribution in [0.5, 0.6) is 0 Å². The number of carbonyl (C=O) groups is 1. The van der Waals surface area contributed by atoms with E-state index < -0.39 is 0 Å². The molecule has 0 radical (unpaired) electrons. The number of hydrogen-bond acceptors (Lipinski definition) is 2.